The lowest BCUT2D eigenvalue weighted by atomic mass is 9.97. The van der Waals surface area contributed by atoms with Crippen LogP contribution < -0.4 is 5.73 Å². The molecule has 2 N–H and O–H groups in total. The second-order valence-corrected chi connectivity index (χ2v) is 5.60. The minimum Gasteiger partial charge on any atom is -0.330 e. The molecule has 1 fully saturated rings. The maximum absolute atomic E-state index is 10.6. The number of hydrogen-bond acceptors (Lipinski definition) is 5. The Kier molecular flexibility index (Phi) is 4.09. The molecule has 0 aliphatic carbocycles. The fourth-order valence-corrected chi connectivity index (χ4v) is 3.01. The smallest absolute Gasteiger partial charge is 0.324 e. The third-order valence-corrected chi connectivity index (χ3v) is 4.27. The Balaban J connectivity index is 1.86. The van der Waals surface area contributed by atoms with Crippen molar-refractivity contribution in [2.24, 2.45) is 11.7 Å². The quantitative estimate of drug-likeness (QED) is 0.658. The van der Waals surface area contributed by atoms with E-state index in [2.05, 4.69) is 4.90 Å². The molecule has 0 spiro atoms. The van der Waals surface area contributed by atoms with E-state index in [-0.39, 0.29) is 9.92 Å². The molecule has 0 radical (unpaired) electrons. The lowest BCUT2D eigenvalue weighted by molar-refractivity contribution is -0.380. The summed E-state index contributed by atoms with van der Waals surface area (Å²) in [7, 11) is 0. The summed E-state index contributed by atoms with van der Waals surface area (Å²) < 4.78 is 0. The van der Waals surface area contributed by atoms with Gasteiger partial charge in [-0.1, -0.05) is 11.3 Å². The van der Waals surface area contributed by atoms with Gasteiger partial charge in [-0.15, -0.1) is 0 Å². The van der Waals surface area contributed by atoms with Crippen LogP contribution in [-0.4, -0.2) is 29.5 Å². The zero-order valence-corrected chi connectivity index (χ0v) is 10.5. The molecule has 94 valence electrons. The van der Waals surface area contributed by atoms with Crippen LogP contribution in [0.1, 0.15) is 17.7 Å². The Morgan fingerprint density at radius 2 is 2.18 bits per heavy atom. The van der Waals surface area contributed by atoms with Crippen molar-refractivity contribution in [3.63, 3.8) is 0 Å². The standard InChI is InChI=1S/C11H17N3O2S/c12-7-9-3-5-13(6-4-9)8-10-1-2-11(17-10)14(15)16/h1-2,9H,3-8,12H2. The SMILES string of the molecule is NCC1CCN(Cc2ccc([N+](=O)[O-])s2)CC1. The van der Waals surface area contributed by atoms with Gasteiger partial charge in [0.25, 0.3) is 0 Å². The van der Waals surface area contributed by atoms with Gasteiger partial charge < -0.3 is 5.73 Å². The van der Waals surface area contributed by atoms with Crippen molar-refractivity contribution in [1.82, 2.24) is 4.90 Å². The highest BCUT2D eigenvalue weighted by atomic mass is 32.1. The van der Waals surface area contributed by atoms with Crippen LogP contribution in [0.3, 0.4) is 0 Å². The molecule has 1 saturated heterocycles. The third kappa shape index (κ3) is 3.24. The van der Waals surface area contributed by atoms with Crippen molar-refractivity contribution in [3.8, 4) is 0 Å². The van der Waals surface area contributed by atoms with E-state index in [4.69, 9.17) is 5.73 Å². The number of thiophene rings is 1. The maximum atomic E-state index is 10.6. The molecule has 0 aromatic carbocycles. The van der Waals surface area contributed by atoms with Gasteiger partial charge in [-0.05, 0) is 44.5 Å². The largest absolute Gasteiger partial charge is 0.330 e. The highest BCUT2D eigenvalue weighted by molar-refractivity contribution is 7.15. The van der Waals surface area contributed by atoms with Crippen molar-refractivity contribution in [2.45, 2.75) is 19.4 Å². The van der Waals surface area contributed by atoms with Crippen molar-refractivity contribution in [2.75, 3.05) is 19.6 Å². The normalized spacial score (nSPS) is 18.4. The van der Waals surface area contributed by atoms with E-state index in [1.54, 1.807) is 6.07 Å². The van der Waals surface area contributed by atoms with Gasteiger partial charge in [0.2, 0.25) is 0 Å². The van der Waals surface area contributed by atoms with E-state index in [1.807, 2.05) is 6.07 Å². The molecule has 1 aromatic heterocycles. The zero-order chi connectivity index (χ0) is 12.3. The van der Waals surface area contributed by atoms with E-state index in [0.717, 1.165) is 43.9 Å². The Labute approximate surface area is 104 Å². The fraction of sp³-hybridized carbons (Fsp3) is 0.636. The van der Waals surface area contributed by atoms with E-state index in [9.17, 15) is 10.1 Å². The Morgan fingerprint density at radius 1 is 1.47 bits per heavy atom. The maximum Gasteiger partial charge on any atom is 0.324 e. The second-order valence-electron chi connectivity index (χ2n) is 4.45. The minimum atomic E-state index is -0.325. The average Bonchev–Trinajstić information content (AvgIpc) is 2.79. The van der Waals surface area contributed by atoms with Crippen LogP contribution >= 0.6 is 11.3 Å². The molecule has 6 heteroatoms. The predicted octanol–water partition coefficient (Wildman–Crippen LogP) is 1.83. The van der Waals surface area contributed by atoms with Crippen LogP contribution in [0.4, 0.5) is 5.00 Å². The van der Waals surface area contributed by atoms with Gasteiger partial charge in [0.05, 0.1) is 4.92 Å². The van der Waals surface area contributed by atoms with Gasteiger partial charge in [-0.3, -0.25) is 15.0 Å². The summed E-state index contributed by atoms with van der Waals surface area (Å²) >= 11 is 1.28. The van der Waals surface area contributed by atoms with Crippen LogP contribution in [0, 0.1) is 16.0 Å². The molecular weight excluding hydrogens is 238 g/mol. The number of rotatable bonds is 4. The predicted molar refractivity (Wildman–Crippen MR) is 68.0 cm³/mol. The monoisotopic (exact) mass is 255 g/mol. The lowest BCUT2D eigenvalue weighted by Gasteiger charge is -2.30. The summed E-state index contributed by atoms with van der Waals surface area (Å²) in [5.41, 5.74) is 5.65. The van der Waals surface area contributed by atoms with Crippen LogP contribution in [0.15, 0.2) is 12.1 Å². The molecule has 2 heterocycles. The minimum absolute atomic E-state index is 0.233. The highest BCUT2D eigenvalue weighted by Crippen LogP contribution is 2.26. The summed E-state index contributed by atoms with van der Waals surface area (Å²) in [6, 6.07) is 3.45. The molecular formula is C11H17N3O2S. The summed E-state index contributed by atoms with van der Waals surface area (Å²) in [4.78, 5) is 13.7. The van der Waals surface area contributed by atoms with Crippen LogP contribution in [0.5, 0.6) is 0 Å². The molecule has 1 aliphatic rings. The van der Waals surface area contributed by atoms with Crippen molar-refractivity contribution in [3.05, 3.63) is 27.1 Å². The van der Waals surface area contributed by atoms with Crippen molar-refractivity contribution < 1.29 is 4.92 Å². The second kappa shape index (κ2) is 5.57. The van der Waals surface area contributed by atoms with Crippen LogP contribution in [0.25, 0.3) is 0 Å². The number of piperidine rings is 1. The van der Waals surface area contributed by atoms with E-state index in [0.29, 0.717) is 5.92 Å². The molecule has 1 aliphatic heterocycles. The van der Waals surface area contributed by atoms with Crippen LogP contribution in [-0.2, 0) is 6.54 Å². The van der Waals surface area contributed by atoms with Gasteiger partial charge in [-0.2, -0.15) is 0 Å². The summed E-state index contributed by atoms with van der Waals surface area (Å²) in [5.74, 6) is 0.656. The zero-order valence-electron chi connectivity index (χ0n) is 9.67. The van der Waals surface area contributed by atoms with Gasteiger partial charge in [0, 0.05) is 17.5 Å². The van der Waals surface area contributed by atoms with Gasteiger partial charge in [-0.25, -0.2) is 0 Å². The Bertz CT molecular complexity index is 386. The first-order valence-corrected chi connectivity index (χ1v) is 6.66. The molecule has 2 rings (SSSR count). The summed E-state index contributed by atoms with van der Waals surface area (Å²) in [6.07, 6.45) is 2.29. The van der Waals surface area contributed by atoms with Gasteiger partial charge >= 0.3 is 5.00 Å². The van der Waals surface area contributed by atoms with Gasteiger partial charge in [0.1, 0.15) is 0 Å². The number of hydrogen-bond donors (Lipinski definition) is 1. The number of likely N-dealkylation sites (tertiary alicyclic amines) is 1. The first-order valence-electron chi connectivity index (χ1n) is 5.84. The molecule has 0 unspecified atom stereocenters. The molecule has 0 atom stereocenters. The first kappa shape index (κ1) is 12.5. The van der Waals surface area contributed by atoms with E-state index in [1.165, 1.54) is 11.3 Å². The van der Waals surface area contributed by atoms with Crippen molar-refractivity contribution >= 4 is 16.3 Å². The van der Waals surface area contributed by atoms with Crippen LogP contribution in [0.2, 0.25) is 0 Å². The average molecular weight is 255 g/mol. The highest BCUT2D eigenvalue weighted by Gasteiger charge is 2.19. The first-order chi connectivity index (χ1) is 8.19. The molecule has 17 heavy (non-hydrogen) atoms. The number of nitrogens with zero attached hydrogens (tertiary/aromatic N) is 2. The fourth-order valence-electron chi connectivity index (χ4n) is 2.15. The summed E-state index contributed by atoms with van der Waals surface area (Å²) in [5, 5.41) is 10.8. The van der Waals surface area contributed by atoms with Crippen molar-refractivity contribution in [1.29, 1.82) is 0 Å². The molecule has 1 aromatic rings. The number of nitrogens with two attached hydrogens (primary N) is 1. The van der Waals surface area contributed by atoms with Gasteiger partial charge in [0.15, 0.2) is 0 Å². The Hall–Kier alpha value is -0.980. The lowest BCUT2D eigenvalue weighted by Crippen LogP contribution is -2.35. The van der Waals surface area contributed by atoms with E-state index < -0.39 is 0 Å². The molecule has 5 nitrogen and oxygen atoms in total. The molecule has 0 amide bonds. The molecule has 0 bridgehead atoms. The van der Waals surface area contributed by atoms with E-state index >= 15 is 0 Å². The number of nitro groups is 1. The topological polar surface area (TPSA) is 72.4 Å². The summed E-state index contributed by atoms with van der Waals surface area (Å²) in [6.45, 7) is 3.70. The molecule has 0 saturated carbocycles. The third-order valence-electron chi connectivity index (χ3n) is 3.25. The Morgan fingerprint density at radius 3 is 2.71 bits per heavy atom.